The molecule has 0 heterocycles. The van der Waals surface area contributed by atoms with Gasteiger partial charge in [-0.25, -0.2) is 8.78 Å². The lowest BCUT2D eigenvalue weighted by atomic mass is 9.93. The first-order valence-corrected chi connectivity index (χ1v) is 5.63. The highest BCUT2D eigenvalue weighted by atomic mass is 19.2. The quantitative estimate of drug-likeness (QED) is 0.830. The van der Waals surface area contributed by atoms with E-state index in [-0.39, 0.29) is 12.0 Å². The van der Waals surface area contributed by atoms with Gasteiger partial charge in [0.25, 0.3) is 0 Å². The topological polar surface area (TPSA) is 12.0 Å². The first-order chi connectivity index (χ1) is 7.43. The molecule has 1 aromatic rings. The molecule has 0 aliphatic carbocycles. The van der Waals surface area contributed by atoms with Gasteiger partial charge in [0.1, 0.15) is 0 Å². The molecule has 1 aromatic carbocycles. The number of benzene rings is 1. The highest BCUT2D eigenvalue weighted by Crippen LogP contribution is 2.23. The first kappa shape index (κ1) is 13.1. The number of nitrogens with one attached hydrogen (secondary N) is 1. The van der Waals surface area contributed by atoms with E-state index in [0.29, 0.717) is 11.6 Å². The van der Waals surface area contributed by atoms with Gasteiger partial charge in [-0.1, -0.05) is 32.9 Å². The maximum absolute atomic E-state index is 13.5. The minimum absolute atomic E-state index is 0.0573. The maximum Gasteiger partial charge on any atom is 0.162 e. The summed E-state index contributed by atoms with van der Waals surface area (Å²) in [6, 6.07) is 4.77. The van der Waals surface area contributed by atoms with Crippen molar-refractivity contribution < 1.29 is 8.78 Å². The average molecular weight is 227 g/mol. The van der Waals surface area contributed by atoms with E-state index in [0.717, 1.165) is 6.07 Å². The number of hydrogen-bond acceptors (Lipinski definition) is 1. The fraction of sp³-hybridized carbons (Fsp3) is 0.538. The van der Waals surface area contributed by atoms with E-state index in [1.54, 1.807) is 12.1 Å². The van der Waals surface area contributed by atoms with Crippen molar-refractivity contribution in [1.29, 1.82) is 0 Å². The third-order valence-electron chi connectivity index (χ3n) is 2.82. The Labute approximate surface area is 95.9 Å². The van der Waals surface area contributed by atoms with Crippen LogP contribution in [0.3, 0.4) is 0 Å². The molecule has 0 saturated heterocycles. The van der Waals surface area contributed by atoms with E-state index in [9.17, 15) is 8.78 Å². The molecule has 1 nitrogen and oxygen atoms in total. The molecule has 1 rings (SSSR count). The monoisotopic (exact) mass is 227 g/mol. The van der Waals surface area contributed by atoms with E-state index >= 15 is 0 Å². The van der Waals surface area contributed by atoms with Crippen LogP contribution in [0.2, 0.25) is 0 Å². The minimum atomic E-state index is -0.777. The Morgan fingerprint density at radius 3 is 2.25 bits per heavy atom. The summed E-state index contributed by atoms with van der Waals surface area (Å²) in [6.07, 6.45) is 0. The summed E-state index contributed by atoms with van der Waals surface area (Å²) in [7, 11) is 0. The highest BCUT2D eigenvalue weighted by Gasteiger charge is 2.19. The summed E-state index contributed by atoms with van der Waals surface area (Å²) in [5.74, 6) is -1.56. The Balaban J connectivity index is 2.87. The lowest BCUT2D eigenvalue weighted by Crippen LogP contribution is -2.36. The Hall–Kier alpha value is -0.960. The molecule has 16 heavy (non-hydrogen) atoms. The van der Waals surface area contributed by atoms with Crippen LogP contribution in [0.4, 0.5) is 8.78 Å². The van der Waals surface area contributed by atoms with Crippen LogP contribution in [0.25, 0.3) is 0 Å². The zero-order chi connectivity index (χ0) is 12.3. The van der Waals surface area contributed by atoms with Crippen LogP contribution in [0.5, 0.6) is 0 Å². The molecule has 0 spiro atoms. The zero-order valence-electron chi connectivity index (χ0n) is 10.2. The van der Waals surface area contributed by atoms with Gasteiger partial charge in [0.2, 0.25) is 0 Å². The van der Waals surface area contributed by atoms with Gasteiger partial charge in [0.15, 0.2) is 11.6 Å². The lowest BCUT2D eigenvalue weighted by Gasteiger charge is -2.24. The fourth-order valence-electron chi connectivity index (χ4n) is 1.81. The van der Waals surface area contributed by atoms with E-state index in [2.05, 4.69) is 5.32 Å². The molecule has 0 fully saturated rings. The minimum Gasteiger partial charge on any atom is -0.311 e. The van der Waals surface area contributed by atoms with E-state index in [1.807, 2.05) is 27.7 Å². The van der Waals surface area contributed by atoms with Crippen LogP contribution in [-0.4, -0.2) is 12.1 Å². The van der Waals surface area contributed by atoms with Crippen LogP contribution in [0.1, 0.15) is 39.2 Å². The second-order valence-corrected chi connectivity index (χ2v) is 4.54. The van der Waals surface area contributed by atoms with Gasteiger partial charge >= 0.3 is 0 Å². The van der Waals surface area contributed by atoms with Crippen LogP contribution in [-0.2, 0) is 0 Å². The van der Waals surface area contributed by atoms with Crippen LogP contribution < -0.4 is 5.32 Å². The maximum atomic E-state index is 13.5. The van der Waals surface area contributed by atoms with Crippen molar-refractivity contribution in [3.05, 3.63) is 35.4 Å². The Morgan fingerprint density at radius 1 is 1.06 bits per heavy atom. The van der Waals surface area contributed by atoms with Gasteiger partial charge < -0.3 is 5.32 Å². The molecule has 1 N–H and O–H groups in total. The predicted octanol–water partition coefficient (Wildman–Crippen LogP) is 3.45. The molecule has 0 aromatic heterocycles. The Kier molecular flexibility index (Phi) is 4.42. The van der Waals surface area contributed by atoms with Crippen molar-refractivity contribution >= 4 is 0 Å². The lowest BCUT2D eigenvalue weighted by molar-refractivity contribution is 0.420. The summed E-state index contributed by atoms with van der Waals surface area (Å²) in [6.45, 7) is 7.95. The summed E-state index contributed by atoms with van der Waals surface area (Å²) >= 11 is 0. The second kappa shape index (κ2) is 5.39. The standard InChI is InChI=1S/C13H19F2N/c1-8(2)16-10(4)9(3)11-6-5-7-12(14)13(11)15/h5-10,16H,1-4H3. The van der Waals surface area contributed by atoms with Crippen molar-refractivity contribution in [2.24, 2.45) is 0 Å². The van der Waals surface area contributed by atoms with Crippen molar-refractivity contribution in [3.8, 4) is 0 Å². The van der Waals surface area contributed by atoms with Gasteiger partial charge in [0, 0.05) is 12.1 Å². The van der Waals surface area contributed by atoms with Crippen molar-refractivity contribution in [2.75, 3.05) is 0 Å². The SMILES string of the molecule is CC(C)NC(C)C(C)c1cccc(F)c1F. The number of rotatable bonds is 4. The molecule has 90 valence electrons. The van der Waals surface area contributed by atoms with Gasteiger partial charge in [-0.3, -0.25) is 0 Å². The number of hydrogen-bond donors (Lipinski definition) is 1. The van der Waals surface area contributed by atoms with E-state index in [1.165, 1.54) is 0 Å². The summed E-state index contributed by atoms with van der Waals surface area (Å²) in [5, 5.41) is 3.30. The van der Waals surface area contributed by atoms with Crippen LogP contribution >= 0.6 is 0 Å². The third kappa shape index (κ3) is 3.01. The molecule has 0 radical (unpaired) electrons. The molecular formula is C13H19F2N. The van der Waals surface area contributed by atoms with E-state index in [4.69, 9.17) is 0 Å². The smallest absolute Gasteiger partial charge is 0.162 e. The third-order valence-corrected chi connectivity index (χ3v) is 2.82. The number of halogens is 2. The molecule has 2 unspecified atom stereocenters. The Morgan fingerprint density at radius 2 is 1.69 bits per heavy atom. The van der Waals surface area contributed by atoms with Gasteiger partial charge in [-0.2, -0.15) is 0 Å². The first-order valence-electron chi connectivity index (χ1n) is 5.63. The highest BCUT2D eigenvalue weighted by molar-refractivity contribution is 5.23. The normalized spacial score (nSPS) is 15.2. The summed E-state index contributed by atoms with van der Waals surface area (Å²) in [4.78, 5) is 0. The average Bonchev–Trinajstić information content (AvgIpc) is 2.20. The van der Waals surface area contributed by atoms with Gasteiger partial charge in [-0.05, 0) is 24.5 Å². The second-order valence-electron chi connectivity index (χ2n) is 4.54. The summed E-state index contributed by atoms with van der Waals surface area (Å²) < 4.78 is 26.6. The molecule has 0 aliphatic rings. The van der Waals surface area contributed by atoms with Gasteiger partial charge in [-0.15, -0.1) is 0 Å². The molecule has 0 aliphatic heterocycles. The zero-order valence-corrected chi connectivity index (χ0v) is 10.2. The molecule has 0 amide bonds. The van der Waals surface area contributed by atoms with Gasteiger partial charge in [0.05, 0.1) is 0 Å². The Bertz CT molecular complexity index is 350. The molecule has 2 atom stereocenters. The largest absolute Gasteiger partial charge is 0.311 e. The molecule has 0 bridgehead atoms. The van der Waals surface area contributed by atoms with Crippen LogP contribution in [0.15, 0.2) is 18.2 Å². The van der Waals surface area contributed by atoms with Crippen molar-refractivity contribution in [1.82, 2.24) is 5.32 Å². The molecular weight excluding hydrogens is 208 g/mol. The summed E-state index contributed by atoms with van der Waals surface area (Å²) in [5.41, 5.74) is 0.431. The molecule has 3 heteroatoms. The molecule has 0 saturated carbocycles. The van der Waals surface area contributed by atoms with Crippen LogP contribution in [0, 0.1) is 11.6 Å². The van der Waals surface area contributed by atoms with Crippen molar-refractivity contribution in [3.63, 3.8) is 0 Å². The predicted molar refractivity (Wildman–Crippen MR) is 62.5 cm³/mol. The van der Waals surface area contributed by atoms with Crippen molar-refractivity contribution in [2.45, 2.75) is 45.7 Å². The fourth-order valence-corrected chi connectivity index (χ4v) is 1.81. The van der Waals surface area contributed by atoms with E-state index < -0.39 is 11.6 Å².